The standard InChI is InChI=1S/C15H16F2N2O2/c1-10(20)11-5-7-19(8-6-11)12-3-4-14(21-15(16)17)13(9-12)18-2/h3-4,9,11,15H,5-8H2,1H3. The lowest BCUT2D eigenvalue weighted by Crippen LogP contribution is -2.35. The highest BCUT2D eigenvalue weighted by Gasteiger charge is 2.23. The van der Waals surface area contributed by atoms with E-state index in [1.54, 1.807) is 19.1 Å². The predicted molar refractivity (Wildman–Crippen MR) is 75.0 cm³/mol. The van der Waals surface area contributed by atoms with Crippen molar-refractivity contribution in [2.24, 2.45) is 5.92 Å². The summed E-state index contributed by atoms with van der Waals surface area (Å²) < 4.78 is 28.8. The van der Waals surface area contributed by atoms with E-state index in [9.17, 15) is 13.6 Å². The van der Waals surface area contributed by atoms with Crippen molar-refractivity contribution in [1.82, 2.24) is 0 Å². The zero-order chi connectivity index (χ0) is 15.4. The Kier molecular flexibility index (Phi) is 4.73. The number of ketones is 1. The van der Waals surface area contributed by atoms with Crippen molar-refractivity contribution in [3.8, 4) is 5.75 Å². The van der Waals surface area contributed by atoms with Gasteiger partial charge in [0.25, 0.3) is 0 Å². The number of nitrogens with zero attached hydrogens (tertiary/aromatic N) is 2. The number of carbonyl (C=O) groups excluding carboxylic acids is 1. The van der Waals surface area contributed by atoms with E-state index in [1.807, 2.05) is 0 Å². The lowest BCUT2D eigenvalue weighted by atomic mass is 9.93. The SMILES string of the molecule is [C-]#[N+]c1cc(N2CCC(C(C)=O)CC2)ccc1OC(F)F. The Balaban J connectivity index is 2.12. The number of hydrogen-bond acceptors (Lipinski definition) is 3. The van der Waals surface area contributed by atoms with Crippen LogP contribution in [0.4, 0.5) is 20.2 Å². The topological polar surface area (TPSA) is 33.9 Å². The number of carbonyl (C=O) groups is 1. The predicted octanol–water partition coefficient (Wildman–Crippen LogP) is 3.64. The fraction of sp³-hybridized carbons (Fsp3) is 0.467. The van der Waals surface area contributed by atoms with Gasteiger partial charge in [0.15, 0.2) is 0 Å². The maximum Gasteiger partial charge on any atom is 0.386 e. The first-order chi connectivity index (χ1) is 10.0. The molecule has 0 saturated carbocycles. The minimum absolute atomic E-state index is 0.0708. The first kappa shape index (κ1) is 15.2. The molecule has 0 atom stereocenters. The Morgan fingerprint density at radius 2 is 2.10 bits per heavy atom. The molecule has 4 nitrogen and oxygen atoms in total. The van der Waals surface area contributed by atoms with Crippen molar-refractivity contribution >= 4 is 17.2 Å². The van der Waals surface area contributed by atoms with E-state index in [-0.39, 0.29) is 23.1 Å². The van der Waals surface area contributed by atoms with Crippen LogP contribution in [0.5, 0.6) is 5.75 Å². The highest BCUT2D eigenvalue weighted by Crippen LogP contribution is 2.34. The Hall–Kier alpha value is -2.16. The summed E-state index contributed by atoms with van der Waals surface area (Å²) >= 11 is 0. The summed E-state index contributed by atoms with van der Waals surface area (Å²) in [6.45, 7) is 7.17. The Morgan fingerprint density at radius 3 is 2.62 bits per heavy atom. The summed E-state index contributed by atoms with van der Waals surface area (Å²) in [6, 6.07) is 4.62. The number of anilines is 1. The molecule has 112 valence electrons. The van der Waals surface area contributed by atoms with Gasteiger partial charge in [0.2, 0.25) is 5.69 Å². The Bertz CT molecular complexity index is 561. The van der Waals surface area contributed by atoms with Gasteiger partial charge in [0, 0.05) is 24.7 Å². The van der Waals surface area contributed by atoms with Crippen molar-refractivity contribution in [2.75, 3.05) is 18.0 Å². The van der Waals surface area contributed by atoms with Crippen LogP contribution >= 0.6 is 0 Å². The van der Waals surface area contributed by atoms with Crippen LogP contribution in [0, 0.1) is 12.5 Å². The molecule has 0 bridgehead atoms. The van der Waals surface area contributed by atoms with Crippen molar-refractivity contribution in [3.63, 3.8) is 0 Å². The highest BCUT2D eigenvalue weighted by atomic mass is 19.3. The van der Waals surface area contributed by atoms with Crippen LogP contribution in [0.2, 0.25) is 0 Å². The summed E-state index contributed by atoms with van der Waals surface area (Å²) in [5, 5.41) is 0. The third-order valence-corrected chi connectivity index (χ3v) is 3.71. The first-order valence-electron chi connectivity index (χ1n) is 6.73. The quantitative estimate of drug-likeness (QED) is 0.795. The van der Waals surface area contributed by atoms with Gasteiger partial charge in [0.1, 0.15) is 11.5 Å². The van der Waals surface area contributed by atoms with Crippen molar-refractivity contribution in [3.05, 3.63) is 29.6 Å². The van der Waals surface area contributed by atoms with Gasteiger partial charge in [-0.15, -0.1) is 0 Å². The van der Waals surface area contributed by atoms with Crippen LogP contribution in [-0.4, -0.2) is 25.5 Å². The monoisotopic (exact) mass is 294 g/mol. The summed E-state index contributed by atoms with van der Waals surface area (Å²) in [5.41, 5.74) is 0.867. The molecule has 0 spiro atoms. The summed E-state index contributed by atoms with van der Waals surface area (Å²) in [6.07, 6.45) is 1.55. The molecule has 0 N–H and O–H groups in total. The molecule has 0 unspecified atom stereocenters. The summed E-state index contributed by atoms with van der Waals surface area (Å²) in [7, 11) is 0. The maximum atomic E-state index is 12.2. The number of ether oxygens (including phenoxy) is 1. The summed E-state index contributed by atoms with van der Waals surface area (Å²) in [5.74, 6) is 0.197. The minimum Gasteiger partial charge on any atom is -0.447 e. The van der Waals surface area contributed by atoms with Crippen LogP contribution in [0.1, 0.15) is 19.8 Å². The number of hydrogen-bond donors (Lipinski definition) is 0. The van der Waals surface area contributed by atoms with Crippen LogP contribution in [0.3, 0.4) is 0 Å². The van der Waals surface area contributed by atoms with Gasteiger partial charge in [-0.25, -0.2) is 4.85 Å². The lowest BCUT2D eigenvalue weighted by molar-refractivity contribution is -0.121. The number of rotatable bonds is 4. The molecule has 0 aromatic heterocycles. The average Bonchev–Trinajstić information content (AvgIpc) is 2.47. The molecule has 2 rings (SSSR count). The molecule has 0 radical (unpaired) electrons. The second kappa shape index (κ2) is 6.53. The average molecular weight is 294 g/mol. The van der Waals surface area contributed by atoms with Gasteiger partial charge >= 0.3 is 6.61 Å². The second-order valence-corrected chi connectivity index (χ2v) is 5.01. The maximum absolute atomic E-state index is 12.2. The first-order valence-corrected chi connectivity index (χ1v) is 6.73. The van der Waals surface area contributed by atoms with E-state index in [0.717, 1.165) is 31.6 Å². The minimum atomic E-state index is -2.94. The van der Waals surface area contributed by atoms with Crippen molar-refractivity contribution < 1.29 is 18.3 Å². The van der Waals surface area contributed by atoms with Gasteiger partial charge in [-0.1, -0.05) is 0 Å². The van der Waals surface area contributed by atoms with Crippen molar-refractivity contribution in [2.45, 2.75) is 26.4 Å². The molecule has 1 heterocycles. The third-order valence-electron chi connectivity index (χ3n) is 3.71. The van der Waals surface area contributed by atoms with E-state index >= 15 is 0 Å². The molecule has 1 fully saturated rings. The molecular weight excluding hydrogens is 278 g/mol. The molecule has 1 aromatic carbocycles. The number of halogens is 2. The van der Waals surface area contributed by atoms with Gasteiger partial charge in [0.05, 0.1) is 6.57 Å². The zero-order valence-electron chi connectivity index (χ0n) is 11.7. The Labute approximate surface area is 122 Å². The molecule has 1 aliphatic rings. The molecule has 1 aliphatic heterocycles. The molecule has 21 heavy (non-hydrogen) atoms. The van der Waals surface area contributed by atoms with Gasteiger partial charge in [-0.2, -0.15) is 8.78 Å². The Morgan fingerprint density at radius 1 is 1.43 bits per heavy atom. The second-order valence-electron chi connectivity index (χ2n) is 5.01. The van der Waals surface area contributed by atoms with E-state index in [0.29, 0.717) is 0 Å². The number of Topliss-reactive ketones (excluding diaryl/α,β-unsaturated/α-hetero) is 1. The van der Waals surface area contributed by atoms with Crippen LogP contribution in [0.15, 0.2) is 18.2 Å². The van der Waals surface area contributed by atoms with Crippen LogP contribution in [0.25, 0.3) is 4.85 Å². The largest absolute Gasteiger partial charge is 0.447 e. The molecule has 1 aromatic rings. The number of benzene rings is 1. The van der Waals surface area contributed by atoms with Crippen LogP contribution < -0.4 is 9.64 Å². The highest BCUT2D eigenvalue weighted by molar-refractivity contribution is 5.78. The van der Waals surface area contributed by atoms with Gasteiger partial charge < -0.3 is 9.64 Å². The smallest absolute Gasteiger partial charge is 0.386 e. The lowest BCUT2D eigenvalue weighted by Gasteiger charge is -2.33. The van der Waals surface area contributed by atoms with Crippen LogP contribution in [-0.2, 0) is 4.79 Å². The summed E-state index contributed by atoms with van der Waals surface area (Å²) in [4.78, 5) is 16.6. The van der Waals surface area contributed by atoms with Gasteiger partial charge in [-0.3, -0.25) is 4.79 Å². The molecule has 0 aliphatic carbocycles. The normalized spacial score (nSPS) is 15.9. The third kappa shape index (κ3) is 3.69. The number of alkyl halides is 2. The van der Waals surface area contributed by atoms with E-state index in [1.165, 1.54) is 6.07 Å². The molecule has 1 saturated heterocycles. The fourth-order valence-corrected chi connectivity index (χ4v) is 2.53. The zero-order valence-corrected chi connectivity index (χ0v) is 11.7. The molecule has 0 amide bonds. The van der Waals surface area contributed by atoms with Crippen molar-refractivity contribution in [1.29, 1.82) is 0 Å². The molecular formula is C15H16F2N2O2. The van der Waals surface area contributed by atoms with E-state index in [4.69, 9.17) is 6.57 Å². The number of piperidine rings is 1. The van der Waals surface area contributed by atoms with E-state index in [2.05, 4.69) is 14.5 Å². The fourth-order valence-electron chi connectivity index (χ4n) is 2.53. The molecule has 6 heteroatoms. The van der Waals surface area contributed by atoms with Gasteiger partial charge in [-0.05, 0) is 38.0 Å². The van der Waals surface area contributed by atoms with E-state index < -0.39 is 6.61 Å².